The predicted molar refractivity (Wildman–Crippen MR) is 114 cm³/mol. The fourth-order valence-electron chi connectivity index (χ4n) is 3.34. The quantitative estimate of drug-likeness (QED) is 0.403. The standard InChI is InChI=1S/C23H17ClN4/c1-15-6-8-16(9-7-15)14-28-22(17-10-12-18(24)13-11-17)27-21-23(28)26-20-5-3-2-4-19(20)25-21/h2-13H,14H2,1H3. The first-order valence-electron chi connectivity index (χ1n) is 9.12. The molecule has 0 aliphatic carbocycles. The van der Waals surface area contributed by atoms with Gasteiger partial charge in [-0.05, 0) is 48.9 Å². The molecule has 0 N–H and O–H groups in total. The number of imidazole rings is 1. The largest absolute Gasteiger partial charge is 0.303 e. The van der Waals surface area contributed by atoms with Crippen LogP contribution in [-0.2, 0) is 6.54 Å². The van der Waals surface area contributed by atoms with Gasteiger partial charge in [0.25, 0.3) is 0 Å². The monoisotopic (exact) mass is 384 g/mol. The molecule has 0 saturated heterocycles. The summed E-state index contributed by atoms with van der Waals surface area (Å²) in [4.78, 5) is 14.4. The second-order valence-electron chi connectivity index (χ2n) is 6.87. The first kappa shape index (κ1) is 16.9. The van der Waals surface area contributed by atoms with Crippen molar-refractivity contribution in [1.29, 1.82) is 0 Å². The van der Waals surface area contributed by atoms with Gasteiger partial charge in [0, 0.05) is 10.6 Å². The van der Waals surface area contributed by atoms with Crippen molar-refractivity contribution in [3.8, 4) is 11.4 Å². The average Bonchev–Trinajstić information content (AvgIpc) is 3.06. The number of para-hydroxylation sites is 2. The van der Waals surface area contributed by atoms with Gasteiger partial charge in [0.05, 0.1) is 17.6 Å². The van der Waals surface area contributed by atoms with Gasteiger partial charge < -0.3 is 4.57 Å². The van der Waals surface area contributed by atoms with Gasteiger partial charge in [-0.15, -0.1) is 0 Å². The first-order valence-corrected chi connectivity index (χ1v) is 9.50. The molecule has 0 fully saturated rings. The maximum absolute atomic E-state index is 6.08. The van der Waals surface area contributed by atoms with E-state index in [0.29, 0.717) is 17.2 Å². The lowest BCUT2D eigenvalue weighted by atomic mass is 10.1. The normalized spacial score (nSPS) is 11.4. The number of hydrogen-bond donors (Lipinski definition) is 0. The number of fused-ring (bicyclic) bond motifs is 2. The second-order valence-corrected chi connectivity index (χ2v) is 7.31. The molecular formula is C23H17ClN4. The Labute approximate surface area is 167 Å². The van der Waals surface area contributed by atoms with Crippen molar-refractivity contribution >= 4 is 33.9 Å². The van der Waals surface area contributed by atoms with E-state index in [2.05, 4.69) is 35.8 Å². The summed E-state index contributed by atoms with van der Waals surface area (Å²) in [6, 6.07) is 24.1. The van der Waals surface area contributed by atoms with Crippen LogP contribution in [0.5, 0.6) is 0 Å². The molecule has 0 unspecified atom stereocenters. The molecule has 0 spiro atoms. The molecule has 3 aromatic carbocycles. The molecule has 136 valence electrons. The minimum Gasteiger partial charge on any atom is -0.303 e. The second kappa shape index (κ2) is 6.73. The highest BCUT2D eigenvalue weighted by Crippen LogP contribution is 2.27. The zero-order valence-corrected chi connectivity index (χ0v) is 16.1. The van der Waals surface area contributed by atoms with Crippen LogP contribution in [0.4, 0.5) is 0 Å². The van der Waals surface area contributed by atoms with Crippen LogP contribution in [0.3, 0.4) is 0 Å². The molecule has 0 aliphatic rings. The third-order valence-corrected chi connectivity index (χ3v) is 5.07. The Morgan fingerprint density at radius 2 is 1.46 bits per heavy atom. The van der Waals surface area contributed by atoms with E-state index in [1.807, 2.05) is 48.5 Å². The molecule has 0 bridgehead atoms. The van der Waals surface area contributed by atoms with Crippen LogP contribution < -0.4 is 0 Å². The molecule has 2 heterocycles. The van der Waals surface area contributed by atoms with Crippen LogP contribution in [0.2, 0.25) is 5.02 Å². The summed E-state index contributed by atoms with van der Waals surface area (Å²) in [5.74, 6) is 0.836. The maximum atomic E-state index is 6.08. The molecular weight excluding hydrogens is 368 g/mol. The Morgan fingerprint density at radius 3 is 2.18 bits per heavy atom. The fraction of sp³-hybridized carbons (Fsp3) is 0.0870. The van der Waals surface area contributed by atoms with E-state index in [9.17, 15) is 0 Å². The molecule has 4 nitrogen and oxygen atoms in total. The van der Waals surface area contributed by atoms with Crippen LogP contribution in [-0.4, -0.2) is 19.5 Å². The fourth-order valence-corrected chi connectivity index (χ4v) is 3.47. The van der Waals surface area contributed by atoms with Crippen LogP contribution >= 0.6 is 11.6 Å². The van der Waals surface area contributed by atoms with Gasteiger partial charge in [-0.1, -0.05) is 53.6 Å². The minimum absolute atomic E-state index is 0.649. The van der Waals surface area contributed by atoms with Crippen molar-refractivity contribution in [2.45, 2.75) is 13.5 Å². The van der Waals surface area contributed by atoms with Crippen LogP contribution in [0, 0.1) is 6.92 Å². The van der Waals surface area contributed by atoms with Crippen molar-refractivity contribution < 1.29 is 0 Å². The summed E-state index contributed by atoms with van der Waals surface area (Å²) in [6.45, 7) is 2.76. The van der Waals surface area contributed by atoms with Crippen LogP contribution in [0.15, 0.2) is 72.8 Å². The Bertz CT molecular complexity index is 1290. The van der Waals surface area contributed by atoms with Crippen molar-refractivity contribution in [3.63, 3.8) is 0 Å². The van der Waals surface area contributed by atoms with E-state index in [4.69, 9.17) is 26.6 Å². The molecule has 0 atom stereocenters. The zero-order chi connectivity index (χ0) is 19.1. The number of rotatable bonds is 3. The number of hydrogen-bond acceptors (Lipinski definition) is 3. The summed E-state index contributed by atoms with van der Waals surface area (Å²) in [7, 11) is 0. The Hall–Kier alpha value is -3.24. The third-order valence-electron chi connectivity index (χ3n) is 4.82. The van der Waals surface area contributed by atoms with Crippen molar-refractivity contribution in [2.24, 2.45) is 0 Å². The van der Waals surface area contributed by atoms with E-state index in [1.165, 1.54) is 11.1 Å². The van der Waals surface area contributed by atoms with Gasteiger partial charge in [0.2, 0.25) is 0 Å². The van der Waals surface area contributed by atoms with E-state index in [1.54, 1.807) is 0 Å². The van der Waals surface area contributed by atoms with Gasteiger partial charge in [0.15, 0.2) is 11.3 Å². The van der Waals surface area contributed by atoms with E-state index >= 15 is 0 Å². The van der Waals surface area contributed by atoms with Crippen molar-refractivity contribution in [1.82, 2.24) is 19.5 Å². The van der Waals surface area contributed by atoms with Crippen molar-refractivity contribution in [2.75, 3.05) is 0 Å². The number of nitrogens with zero attached hydrogens (tertiary/aromatic N) is 4. The Morgan fingerprint density at radius 1 is 0.786 bits per heavy atom. The molecule has 5 rings (SSSR count). The first-order chi connectivity index (χ1) is 13.7. The maximum Gasteiger partial charge on any atom is 0.198 e. The highest BCUT2D eigenvalue weighted by Gasteiger charge is 2.16. The lowest BCUT2D eigenvalue weighted by Crippen LogP contribution is -2.03. The SMILES string of the molecule is Cc1ccc(Cn2c(-c3ccc(Cl)cc3)nc3nc4ccccc4nc32)cc1. The zero-order valence-electron chi connectivity index (χ0n) is 15.3. The Balaban J connectivity index is 1.74. The minimum atomic E-state index is 0.649. The highest BCUT2D eigenvalue weighted by molar-refractivity contribution is 6.30. The smallest absolute Gasteiger partial charge is 0.198 e. The summed E-state index contributed by atoms with van der Waals surface area (Å²) in [5.41, 5.74) is 6.55. The molecule has 0 saturated carbocycles. The van der Waals surface area contributed by atoms with Gasteiger partial charge in [-0.2, -0.15) is 0 Å². The Kier molecular flexibility index (Phi) is 4.06. The van der Waals surface area contributed by atoms with E-state index < -0.39 is 0 Å². The van der Waals surface area contributed by atoms with Gasteiger partial charge in [-0.25, -0.2) is 15.0 Å². The third kappa shape index (κ3) is 3.02. The lowest BCUT2D eigenvalue weighted by Gasteiger charge is -2.10. The lowest BCUT2D eigenvalue weighted by molar-refractivity contribution is 0.825. The summed E-state index contributed by atoms with van der Waals surface area (Å²) in [5, 5.41) is 0.701. The van der Waals surface area contributed by atoms with Gasteiger partial charge >= 0.3 is 0 Å². The predicted octanol–water partition coefficient (Wildman–Crippen LogP) is 5.66. The molecule has 0 radical (unpaired) electrons. The number of aryl methyl sites for hydroxylation is 1. The molecule has 28 heavy (non-hydrogen) atoms. The summed E-state index contributed by atoms with van der Waals surface area (Å²) >= 11 is 6.08. The van der Waals surface area contributed by atoms with E-state index in [-0.39, 0.29) is 0 Å². The van der Waals surface area contributed by atoms with Gasteiger partial charge in [-0.3, -0.25) is 0 Å². The highest BCUT2D eigenvalue weighted by atomic mass is 35.5. The molecule has 5 aromatic rings. The van der Waals surface area contributed by atoms with E-state index in [0.717, 1.165) is 28.1 Å². The van der Waals surface area contributed by atoms with Gasteiger partial charge in [0.1, 0.15) is 5.82 Å². The molecule has 2 aromatic heterocycles. The average molecular weight is 385 g/mol. The number of halogens is 1. The topological polar surface area (TPSA) is 43.6 Å². The molecule has 0 aliphatic heterocycles. The van der Waals surface area contributed by atoms with Crippen LogP contribution in [0.1, 0.15) is 11.1 Å². The molecule has 5 heteroatoms. The summed E-state index contributed by atoms with van der Waals surface area (Å²) in [6.07, 6.45) is 0. The number of aromatic nitrogens is 4. The molecule has 0 amide bonds. The van der Waals surface area contributed by atoms with Crippen molar-refractivity contribution in [3.05, 3.63) is 88.9 Å². The number of benzene rings is 3. The van der Waals surface area contributed by atoms with Crippen LogP contribution in [0.25, 0.3) is 33.7 Å². The summed E-state index contributed by atoms with van der Waals surface area (Å²) < 4.78 is 2.13.